The Morgan fingerprint density at radius 3 is 2.58 bits per heavy atom. The zero-order valence-electron chi connectivity index (χ0n) is 6.90. The van der Waals surface area contributed by atoms with Crippen molar-refractivity contribution in [2.75, 3.05) is 13.2 Å². The van der Waals surface area contributed by atoms with Crippen LogP contribution in [0.1, 0.15) is 19.3 Å². The Labute approximate surface area is 71.2 Å². The maximum atomic E-state index is 10.3. The molecule has 2 N–H and O–H groups in total. The number of aliphatic hydroxyl groups is 1. The van der Waals surface area contributed by atoms with Crippen LogP contribution in [0.5, 0.6) is 0 Å². The van der Waals surface area contributed by atoms with Gasteiger partial charge in [0.2, 0.25) is 0 Å². The van der Waals surface area contributed by atoms with Gasteiger partial charge in [-0.2, -0.15) is 0 Å². The second-order valence-corrected chi connectivity index (χ2v) is 3.12. The average Bonchev–Trinajstić information content (AvgIpc) is 2.05. The molecule has 0 spiro atoms. The molecule has 0 radical (unpaired) electrons. The molecule has 1 rings (SSSR count). The van der Waals surface area contributed by atoms with Crippen molar-refractivity contribution < 1.29 is 19.7 Å². The number of aliphatic carboxylic acids is 1. The van der Waals surface area contributed by atoms with E-state index in [0.717, 1.165) is 12.8 Å². The van der Waals surface area contributed by atoms with Gasteiger partial charge in [0.05, 0.1) is 12.5 Å². The molecule has 1 saturated heterocycles. The Balaban J connectivity index is 2.29. The lowest BCUT2D eigenvalue weighted by molar-refractivity contribution is -0.140. The first kappa shape index (κ1) is 9.48. The van der Waals surface area contributed by atoms with Crippen molar-refractivity contribution in [3.63, 3.8) is 0 Å². The summed E-state index contributed by atoms with van der Waals surface area (Å²) in [4.78, 5) is 10.3. The van der Waals surface area contributed by atoms with E-state index in [1.807, 2.05) is 0 Å². The number of carbonyl (C=O) groups is 1. The molecule has 0 bridgehead atoms. The Kier molecular flexibility index (Phi) is 3.49. The summed E-state index contributed by atoms with van der Waals surface area (Å²) in [7, 11) is 0. The number of hydrogen-bond donors (Lipinski definition) is 2. The normalized spacial score (nSPS) is 22.1. The maximum absolute atomic E-state index is 10.3. The summed E-state index contributed by atoms with van der Waals surface area (Å²) < 4.78 is 5.10. The molecule has 70 valence electrons. The highest BCUT2D eigenvalue weighted by molar-refractivity contribution is 5.67. The van der Waals surface area contributed by atoms with Crippen LogP contribution >= 0.6 is 0 Å². The fourth-order valence-electron chi connectivity index (χ4n) is 1.45. The molecule has 4 heteroatoms. The van der Waals surface area contributed by atoms with Crippen molar-refractivity contribution in [2.45, 2.75) is 25.4 Å². The summed E-state index contributed by atoms with van der Waals surface area (Å²) in [5.74, 6) is -0.830. The van der Waals surface area contributed by atoms with Gasteiger partial charge in [-0.3, -0.25) is 4.79 Å². The third-order valence-electron chi connectivity index (χ3n) is 2.19. The number of carboxylic acid groups (broad SMARTS) is 1. The Hall–Kier alpha value is -0.610. The van der Waals surface area contributed by atoms with Gasteiger partial charge >= 0.3 is 5.97 Å². The van der Waals surface area contributed by atoms with Gasteiger partial charge in [0.25, 0.3) is 0 Å². The van der Waals surface area contributed by atoms with Gasteiger partial charge in [0, 0.05) is 13.2 Å². The average molecular weight is 174 g/mol. The molecule has 0 aromatic rings. The van der Waals surface area contributed by atoms with Crippen LogP contribution < -0.4 is 0 Å². The van der Waals surface area contributed by atoms with E-state index >= 15 is 0 Å². The first-order chi connectivity index (χ1) is 5.70. The highest BCUT2D eigenvalue weighted by atomic mass is 16.5. The van der Waals surface area contributed by atoms with Crippen LogP contribution in [0.4, 0.5) is 0 Å². The summed E-state index contributed by atoms with van der Waals surface area (Å²) in [6.45, 7) is 1.28. The predicted molar refractivity (Wildman–Crippen MR) is 41.8 cm³/mol. The fourth-order valence-corrected chi connectivity index (χ4v) is 1.45. The molecule has 0 aliphatic carbocycles. The van der Waals surface area contributed by atoms with Gasteiger partial charge in [0.15, 0.2) is 0 Å². The van der Waals surface area contributed by atoms with Crippen LogP contribution in [0.15, 0.2) is 0 Å². The first-order valence-electron chi connectivity index (χ1n) is 4.17. The minimum atomic E-state index is -0.936. The van der Waals surface area contributed by atoms with Gasteiger partial charge in [-0.15, -0.1) is 0 Å². The van der Waals surface area contributed by atoms with Crippen molar-refractivity contribution in [1.29, 1.82) is 0 Å². The van der Waals surface area contributed by atoms with E-state index in [9.17, 15) is 9.90 Å². The van der Waals surface area contributed by atoms with Crippen molar-refractivity contribution in [3.8, 4) is 0 Å². The van der Waals surface area contributed by atoms with Crippen molar-refractivity contribution in [1.82, 2.24) is 0 Å². The zero-order valence-corrected chi connectivity index (χ0v) is 6.90. The van der Waals surface area contributed by atoms with E-state index in [1.165, 1.54) is 0 Å². The molecule has 4 nitrogen and oxygen atoms in total. The second kappa shape index (κ2) is 4.42. The van der Waals surface area contributed by atoms with Crippen LogP contribution in [0.2, 0.25) is 0 Å². The monoisotopic (exact) mass is 174 g/mol. The molecular formula is C8H14O4. The molecule has 0 amide bonds. The van der Waals surface area contributed by atoms with E-state index in [2.05, 4.69) is 0 Å². The Morgan fingerprint density at radius 1 is 1.50 bits per heavy atom. The molecular weight excluding hydrogens is 160 g/mol. The molecule has 1 aliphatic rings. The molecule has 1 unspecified atom stereocenters. The standard InChI is InChI=1S/C8H14O4/c9-7(5-8(10)11)6-1-3-12-4-2-6/h6-7,9H,1-5H2,(H,10,11). The SMILES string of the molecule is O=C(O)CC(O)C1CCOCC1. The summed E-state index contributed by atoms with van der Waals surface area (Å²) in [5.41, 5.74) is 0. The fraction of sp³-hybridized carbons (Fsp3) is 0.875. The first-order valence-corrected chi connectivity index (χ1v) is 4.17. The Bertz CT molecular complexity index is 151. The van der Waals surface area contributed by atoms with Crippen LogP contribution in [0.3, 0.4) is 0 Å². The Morgan fingerprint density at radius 2 is 2.08 bits per heavy atom. The molecule has 0 aromatic carbocycles. The maximum Gasteiger partial charge on any atom is 0.305 e. The van der Waals surface area contributed by atoms with Crippen molar-refractivity contribution in [2.24, 2.45) is 5.92 Å². The summed E-state index contributed by atoms with van der Waals surface area (Å²) in [6, 6.07) is 0. The minimum absolute atomic E-state index is 0.106. The second-order valence-electron chi connectivity index (χ2n) is 3.12. The molecule has 1 aliphatic heterocycles. The van der Waals surface area contributed by atoms with Gasteiger partial charge in [-0.25, -0.2) is 0 Å². The van der Waals surface area contributed by atoms with Crippen molar-refractivity contribution in [3.05, 3.63) is 0 Å². The number of ether oxygens (including phenoxy) is 1. The topological polar surface area (TPSA) is 66.8 Å². The van der Waals surface area contributed by atoms with Crippen LogP contribution in [0.25, 0.3) is 0 Å². The summed E-state index contributed by atoms with van der Waals surface area (Å²) >= 11 is 0. The smallest absolute Gasteiger partial charge is 0.305 e. The van der Waals surface area contributed by atoms with Crippen LogP contribution in [0, 0.1) is 5.92 Å². The zero-order chi connectivity index (χ0) is 8.97. The third kappa shape index (κ3) is 2.79. The molecule has 12 heavy (non-hydrogen) atoms. The number of carboxylic acids is 1. The molecule has 0 aromatic heterocycles. The molecule has 0 saturated carbocycles. The third-order valence-corrected chi connectivity index (χ3v) is 2.19. The lowest BCUT2D eigenvalue weighted by Gasteiger charge is -2.25. The minimum Gasteiger partial charge on any atom is -0.481 e. The lowest BCUT2D eigenvalue weighted by Crippen LogP contribution is -2.29. The van der Waals surface area contributed by atoms with Crippen LogP contribution in [-0.4, -0.2) is 35.5 Å². The summed E-state index contributed by atoms with van der Waals surface area (Å²) in [6.07, 6.45) is 0.694. The van der Waals surface area contributed by atoms with E-state index in [4.69, 9.17) is 9.84 Å². The quantitative estimate of drug-likeness (QED) is 0.643. The van der Waals surface area contributed by atoms with E-state index in [1.54, 1.807) is 0 Å². The van der Waals surface area contributed by atoms with Gasteiger partial charge < -0.3 is 14.9 Å². The molecule has 1 atom stereocenters. The van der Waals surface area contributed by atoms with E-state index in [-0.39, 0.29) is 12.3 Å². The lowest BCUT2D eigenvalue weighted by atomic mass is 9.92. The van der Waals surface area contributed by atoms with Crippen molar-refractivity contribution >= 4 is 5.97 Å². The largest absolute Gasteiger partial charge is 0.481 e. The van der Waals surface area contributed by atoms with Crippen LogP contribution in [-0.2, 0) is 9.53 Å². The highest BCUT2D eigenvalue weighted by Crippen LogP contribution is 2.20. The van der Waals surface area contributed by atoms with Gasteiger partial charge in [-0.1, -0.05) is 0 Å². The number of aliphatic hydroxyl groups excluding tert-OH is 1. The highest BCUT2D eigenvalue weighted by Gasteiger charge is 2.23. The van der Waals surface area contributed by atoms with Gasteiger partial charge in [0.1, 0.15) is 0 Å². The van der Waals surface area contributed by atoms with E-state index < -0.39 is 12.1 Å². The summed E-state index contributed by atoms with van der Waals surface area (Å²) in [5, 5.41) is 17.8. The van der Waals surface area contributed by atoms with E-state index in [0.29, 0.717) is 13.2 Å². The number of hydrogen-bond acceptors (Lipinski definition) is 3. The molecule has 1 fully saturated rings. The van der Waals surface area contributed by atoms with Gasteiger partial charge in [-0.05, 0) is 18.8 Å². The molecule has 1 heterocycles. The predicted octanol–water partition coefficient (Wildman–Crippen LogP) is 0.249. The number of rotatable bonds is 3.